The standard InChI is InChI=1S/C14H13N3O4/c15-7-11-3-1-10(2-4-11)5-6-12(18)16-8-13(19)17-9-14(20)21/h1-6H,8-9H2,(H,16,18)(H,17,19)(H,20,21)/b6-5+. The summed E-state index contributed by atoms with van der Waals surface area (Å²) in [4.78, 5) is 32.8. The number of benzene rings is 1. The lowest BCUT2D eigenvalue weighted by Crippen LogP contribution is -2.38. The fourth-order valence-electron chi connectivity index (χ4n) is 1.30. The van der Waals surface area contributed by atoms with Gasteiger partial charge in [0.25, 0.3) is 0 Å². The molecule has 0 spiro atoms. The molecule has 0 radical (unpaired) electrons. The zero-order valence-corrected chi connectivity index (χ0v) is 11.0. The van der Waals surface area contributed by atoms with Crippen LogP contribution in [-0.2, 0) is 14.4 Å². The lowest BCUT2D eigenvalue weighted by Gasteiger charge is -2.02. The van der Waals surface area contributed by atoms with Crippen molar-refractivity contribution < 1.29 is 19.5 Å². The number of aliphatic carboxylic acids is 1. The number of carbonyl (C=O) groups is 3. The van der Waals surface area contributed by atoms with Gasteiger partial charge in [-0.05, 0) is 23.8 Å². The molecular formula is C14H13N3O4. The largest absolute Gasteiger partial charge is 0.480 e. The number of rotatable bonds is 6. The van der Waals surface area contributed by atoms with Gasteiger partial charge in [0.15, 0.2) is 0 Å². The molecule has 0 fully saturated rings. The van der Waals surface area contributed by atoms with Crippen LogP contribution in [0, 0.1) is 11.3 Å². The second-order valence-corrected chi connectivity index (χ2v) is 3.96. The van der Waals surface area contributed by atoms with Gasteiger partial charge in [-0.15, -0.1) is 0 Å². The van der Waals surface area contributed by atoms with Crippen molar-refractivity contribution in [2.75, 3.05) is 13.1 Å². The van der Waals surface area contributed by atoms with Gasteiger partial charge in [0.05, 0.1) is 18.2 Å². The lowest BCUT2D eigenvalue weighted by atomic mass is 10.1. The topological polar surface area (TPSA) is 119 Å². The fourth-order valence-corrected chi connectivity index (χ4v) is 1.30. The molecule has 108 valence electrons. The Bertz CT molecular complexity index is 600. The van der Waals surface area contributed by atoms with Crippen molar-refractivity contribution in [2.24, 2.45) is 0 Å². The average molecular weight is 287 g/mol. The van der Waals surface area contributed by atoms with Crippen molar-refractivity contribution in [3.63, 3.8) is 0 Å². The maximum absolute atomic E-state index is 11.4. The van der Waals surface area contributed by atoms with E-state index >= 15 is 0 Å². The van der Waals surface area contributed by atoms with Crippen molar-refractivity contribution in [3.05, 3.63) is 41.5 Å². The van der Waals surface area contributed by atoms with E-state index in [1.807, 2.05) is 6.07 Å². The van der Waals surface area contributed by atoms with Crippen LogP contribution in [0.2, 0.25) is 0 Å². The van der Waals surface area contributed by atoms with Gasteiger partial charge in [-0.1, -0.05) is 12.1 Å². The molecule has 21 heavy (non-hydrogen) atoms. The van der Waals surface area contributed by atoms with E-state index in [1.54, 1.807) is 24.3 Å². The fraction of sp³-hybridized carbons (Fsp3) is 0.143. The summed E-state index contributed by atoms with van der Waals surface area (Å²) in [6.45, 7) is -0.792. The number of carboxylic acid groups (broad SMARTS) is 1. The van der Waals surface area contributed by atoms with Crippen molar-refractivity contribution in [1.82, 2.24) is 10.6 Å². The van der Waals surface area contributed by atoms with E-state index in [1.165, 1.54) is 12.2 Å². The smallest absolute Gasteiger partial charge is 0.322 e. The predicted molar refractivity (Wildman–Crippen MR) is 73.8 cm³/mol. The monoisotopic (exact) mass is 287 g/mol. The van der Waals surface area contributed by atoms with E-state index < -0.39 is 24.3 Å². The van der Waals surface area contributed by atoms with E-state index in [0.717, 1.165) is 5.56 Å². The van der Waals surface area contributed by atoms with Crippen molar-refractivity contribution in [2.45, 2.75) is 0 Å². The second kappa shape index (κ2) is 8.12. The van der Waals surface area contributed by atoms with E-state index in [9.17, 15) is 14.4 Å². The highest BCUT2D eigenvalue weighted by atomic mass is 16.4. The van der Waals surface area contributed by atoms with Gasteiger partial charge in [-0.25, -0.2) is 0 Å². The van der Waals surface area contributed by atoms with E-state index in [-0.39, 0.29) is 6.54 Å². The zero-order valence-electron chi connectivity index (χ0n) is 11.0. The van der Waals surface area contributed by atoms with Gasteiger partial charge in [-0.3, -0.25) is 14.4 Å². The molecule has 0 aliphatic carbocycles. The van der Waals surface area contributed by atoms with Crippen LogP contribution in [0.4, 0.5) is 0 Å². The highest BCUT2D eigenvalue weighted by Gasteiger charge is 2.04. The Morgan fingerprint density at radius 3 is 2.38 bits per heavy atom. The molecule has 0 atom stereocenters. The van der Waals surface area contributed by atoms with Gasteiger partial charge >= 0.3 is 5.97 Å². The Morgan fingerprint density at radius 1 is 1.14 bits per heavy atom. The highest BCUT2D eigenvalue weighted by Crippen LogP contribution is 2.04. The first kappa shape index (κ1) is 15.9. The van der Waals surface area contributed by atoms with E-state index in [2.05, 4.69) is 10.6 Å². The molecule has 0 aliphatic heterocycles. The van der Waals surface area contributed by atoms with Crippen LogP contribution in [0.15, 0.2) is 30.3 Å². The van der Waals surface area contributed by atoms with Gasteiger partial charge in [-0.2, -0.15) is 5.26 Å². The molecule has 3 N–H and O–H groups in total. The van der Waals surface area contributed by atoms with Gasteiger partial charge in [0, 0.05) is 6.08 Å². The third-order valence-electron chi connectivity index (χ3n) is 2.33. The summed E-state index contributed by atoms with van der Waals surface area (Å²) in [5.41, 5.74) is 1.26. The SMILES string of the molecule is N#Cc1ccc(/C=C/C(=O)NCC(=O)NCC(=O)O)cc1. The normalized spacial score (nSPS) is 9.86. The second-order valence-electron chi connectivity index (χ2n) is 3.96. The van der Waals surface area contributed by atoms with Crippen LogP contribution in [-0.4, -0.2) is 36.0 Å². The van der Waals surface area contributed by atoms with Crippen molar-refractivity contribution in [1.29, 1.82) is 5.26 Å². The van der Waals surface area contributed by atoms with Crippen LogP contribution >= 0.6 is 0 Å². The highest BCUT2D eigenvalue weighted by molar-refractivity contribution is 5.94. The first-order valence-electron chi connectivity index (χ1n) is 5.96. The van der Waals surface area contributed by atoms with E-state index in [0.29, 0.717) is 5.56 Å². The minimum absolute atomic E-state index is 0.302. The Labute approximate surface area is 120 Å². The van der Waals surface area contributed by atoms with Crippen LogP contribution in [0.1, 0.15) is 11.1 Å². The van der Waals surface area contributed by atoms with Crippen molar-refractivity contribution >= 4 is 23.9 Å². The molecule has 7 nitrogen and oxygen atoms in total. The molecule has 0 bridgehead atoms. The van der Waals surface area contributed by atoms with Crippen LogP contribution in [0.25, 0.3) is 6.08 Å². The molecule has 1 aromatic rings. The Hall–Kier alpha value is -3.14. The maximum Gasteiger partial charge on any atom is 0.322 e. The van der Waals surface area contributed by atoms with Gasteiger partial charge < -0.3 is 15.7 Å². The third kappa shape index (κ3) is 6.54. The summed E-state index contributed by atoms with van der Waals surface area (Å²) in [6.07, 6.45) is 2.78. The molecule has 1 rings (SSSR count). The average Bonchev–Trinajstić information content (AvgIpc) is 2.49. The van der Waals surface area contributed by atoms with Crippen LogP contribution in [0.3, 0.4) is 0 Å². The molecule has 0 heterocycles. The third-order valence-corrected chi connectivity index (χ3v) is 2.33. The van der Waals surface area contributed by atoms with Gasteiger partial charge in [0.2, 0.25) is 11.8 Å². The van der Waals surface area contributed by atoms with E-state index in [4.69, 9.17) is 10.4 Å². The van der Waals surface area contributed by atoms with Crippen LogP contribution < -0.4 is 10.6 Å². The molecule has 1 aromatic carbocycles. The summed E-state index contributed by atoms with van der Waals surface area (Å²) >= 11 is 0. The zero-order chi connectivity index (χ0) is 15.7. The predicted octanol–water partition coefficient (Wildman–Crippen LogP) is -0.112. The van der Waals surface area contributed by atoms with Crippen molar-refractivity contribution in [3.8, 4) is 6.07 Å². The Morgan fingerprint density at radius 2 is 1.81 bits per heavy atom. The summed E-state index contributed by atoms with van der Waals surface area (Å²) < 4.78 is 0. The molecule has 0 saturated heterocycles. The number of nitrogens with zero attached hydrogens (tertiary/aromatic N) is 1. The summed E-state index contributed by atoms with van der Waals surface area (Å²) in [7, 11) is 0. The summed E-state index contributed by atoms with van der Waals surface area (Å²) in [6, 6.07) is 8.59. The number of carbonyl (C=O) groups excluding carboxylic acids is 2. The number of amides is 2. The lowest BCUT2D eigenvalue weighted by molar-refractivity contribution is -0.137. The number of hydrogen-bond donors (Lipinski definition) is 3. The molecule has 0 saturated carbocycles. The first-order chi connectivity index (χ1) is 10.0. The Kier molecular flexibility index (Phi) is 6.15. The quantitative estimate of drug-likeness (QED) is 0.631. The minimum atomic E-state index is -1.16. The minimum Gasteiger partial charge on any atom is -0.480 e. The molecule has 0 aliphatic rings. The summed E-state index contributed by atoms with van der Waals surface area (Å²) in [5.74, 6) is -2.22. The number of nitriles is 1. The van der Waals surface area contributed by atoms with Gasteiger partial charge in [0.1, 0.15) is 6.54 Å². The molecule has 0 aromatic heterocycles. The number of nitrogens with one attached hydrogen (secondary N) is 2. The summed E-state index contributed by atoms with van der Waals surface area (Å²) in [5, 5.41) is 21.4. The maximum atomic E-state index is 11.4. The number of carboxylic acids is 1. The molecular weight excluding hydrogens is 274 g/mol. The first-order valence-corrected chi connectivity index (χ1v) is 5.96. The number of hydrogen-bond acceptors (Lipinski definition) is 4. The molecule has 2 amide bonds. The molecule has 0 unspecified atom stereocenters. The Balaban J connectivity index is 2.39. The van der Waals surface area contributed by atoms with Crippen LogP contribution in [0.5, 0.6) is 0 Å². The molecule has 7 heteroatoms.